The maximum absolute atomic E-state index is 12.8. The molecule has 0 aliphatic carbocycles. The molecule has 0 spiro atoms. The van der Waals surface area contributed by atoms with Crippen molar-refractivity contribution in [1.29, 1.82) is 0 Å². The molecule has 1 N–H and O–H groups in total. The number of alkyl halides is 3. The first-order chi connectivity index (χ1) is 13.3. The zero-order valence-electron chi connectivity index (χ0n) is 14.5. The van der Waals surface area contributed by atoms with Crippen LogP contribution < -0.4 is 0 Å². The minimum atomic E-state index is -4.53. The van der Waals surface area contributed by atoms with E-state index in [2.05, 4.69) is 15.1 Å². The van der Waals surface area contributed by atoms with Crippen molar-refractivity contribution in [3.05, 3.63) is 70.6 Å². The van der Waals surface area contributed by atoms with E-state index in [4.69, 9.17) is 11.6 Å². The highest BCUT2D eigenvalue weighted by Crippen LogP contribution is 2.33. The molecule has 0 aliphatic rings. The third-order valence-electron chi connectivity index (χ3n) is 3.83. The quantitative estimate of drug-likeness (QED) is 0.263. The molecule has 28 heavy (non-hydrogen) atoms. The van der Waals surface area contributed by atoms with Crippen LogP contribution in [0.5, 0.6) is 0 Å². The van der Waals surface area contributed by atoms with Crippen LogP contribution >= 0.6 is 23.4 Å². The molecule has 2 heterocycles. The van der Waals surface area contributed by atoms with Gasteiger partial charge in [0.1, 0.15) is 0 Å². The van der Waals surface area contributed by atoms with E-state index < -0.39 is 11.7 Å². The Morgan fingerprint density at radius 3 is 2.57 bits per heavy atom. The van der Waals surface area contributed by atoms with Crippen molar-refractivity contribution in [1.82, 2.24) is 14.5 Å². The van der Waals surface area contributed by atoms with Crippen LogP contribution in [0.3, 0.4) is 0 Å². The predicted octanol–water partition coefficient (Wildman–Crippen LogP) is 5.22. The van der Waals surface area contributed by atoms with Crippen LogP contribution in [-0.2, 0) is 6.18 Å². The van der Waals surface area contributed by atoms with E-state index in [9.17, 15) is 18.4 Å². The summed E-state index contributed by atoms with van der Waals surface area (Å²) in [5.74, 6) is 0.418. The van der Waals surface area contributed by atoms with Crippen LogP contribution in [0.4, 0.5) is 13.2 Å². The SMILES string of the molecule is Cc1ccc(/C(CSc2nccn2-c2ncc(C(F)(F)F)cc2Cl)=N/O)cc1. The lowest BCUT2D eigenvalue weighted by atomic mass is 10.1. The van der Waals surface area contributed by atoms with Gasteiger partial charge in [-0.05, 0) is 13.0 Å². The molecule has 0 fully saturated rings. The molecule has 1 aromatic carbocycles. The van der Waals surface area contributed by atoms with Crippen LogP contribution in [0.2, 0.25) is 5.02 Å². The third kappa shape index (κ3) is 4.48. The molecule has 0 saturated carbocycles. The Hall–Kier alpha value is -2.52. The number of aromatic nitrogens is 3. The molecule has 0 radical (unpaired) electrons. The molecule has 146 valence electrons. The summed E-state index contributed by atoms with van der Waals surface area (Å²) in [7, 11) is 0. The van der Waals surface area contributed by atoms with Crippen molar-refractivity contribution in [3.63, 3.8) is 0 Å². The average molecular weight is 427 g/mol. The van der Waals surface area contributed by atoms with Gasteiger partial charge >= 0.3 is 6.18 Å². The number of aryl methyl sites for hydroxylation is 1. The van der Waals surface area contributed by atoms with Gasteiger partial charge in [-0.15, -0.1) is 0 Å². The largest absolute Gasteiger partial charge is 0.417 e. The van der Waals surface area contributed by atoms with Crippen LogP contribution in [0.15, 0.2) is 59.2 Å². The number of benzene rings is 1. The van der Waals surface area contributed by atoms with Crippen molar-refractivity contribution in [3.8, 4) is 5.82 Å². The van der Waals surface area contributed by atoms with Crippen molar-refractivity contribution < 1.29 is 18.4 Å². The summed E-state index contributed by atoms with van der Waals surface area (Å²) in [6.45, 7) is 1.95. The van der Waals surface area contributed by atoms with Crippen LogP contribution in [-0.4, -0.2) is 31.2 Å². The molecule has 0 bridgehead atoms. The number of rotatable bonds is 5. The van der Waals surface area contributed by atoms with Crippen molar-refractivity contribution in [2.75, 3.05) is 5.75 Å². The molecule has 2 aromatic heterocycles. The van der Waals surface area contributed by atoms with Gasteiger partial charge in [-0.2, -0.15) is 13.2 Å². The van der Waals surface area contributed by atoms with Crippen LogP contribution in [0.25, 0.3) is 5.82 Å². The number of thioether (sulfide) groups is 1. The Morgan fingerprint density at radius 2 is 1.96 bits per heavy atom. The van der Waals surface area contributed by atoms with Gasteiger partial charge in [-0.25, -0.2) is 9.97 Å². The van der Waals surface area contributed by atoms with E-state index in [1.165, 1.54) is 22.5 Å². The van der Waals surface area contributed by atoms with E-state index in [1.54, 1.807) is 6.20 Å². The zero-order valence-corrected chi connectivity index (χ0v) is 16.1. The minimum absolute atomic E-state index is 0.132. The highest BCUT2D eigenvalue weighted by Gasteiger charge is 2.31. The number of imidazole rings is 1. The van der Waals surface area contributed by atoms with E-state index >= 15 is 0 Å². The maximum Gasteiger partial charge on any atom is 0.417 e. The highest BCUT2D eigenvalue weighted by molar-refractivity contribution is 7.99. The molecule has 3 rings (SSSR count). The number of pyridine rings is 1. The number of nitrogens with zero attached hydrogens (tertiary/aromatic N) is 4. The first kappa shape index (κ1) is 20.2. The standard InChI is InChI=1S/C18H14ClF3N4OS/c1-11-2-4-12(5-3-11)15(25-27)10-28-17-23-6-7-26(17)16-14(19)8-13(9-24-16)18(20,21)22/h2-9,27H,10H2,1H3/b25-15+. The Balaban J connectivity index is 1.82. The number of oxime groups is 1. The minimum Gasteiger partial charge on any atom is -0.411 e. The average Bonchev–Trinajstić information content (AvgIpc) is 3.11. The summed E-state index contributed by atoms with van der Waals surface area (Å²) in [5, 5.41) is 13.0. The monoisotopic (exact) mass is 426 g/mol. The Kier molecular flexibility index (Phi) is 5.95. The Morgan fingerprint density at radius 1 is 1.25 bits per heavy atom. The van der Waals surface area contributed by atoms with Gasteiger partial charge < -0.3 is 5.21 Å². The van der Waals surface area contributed by atoms with Gasteiger partial charge in [0.05, 0.1) is 16.3 Å². The molecule has 0 amide bonds. The molecule has 0 atom stereocenters. The smallest absolute Gasteiger partial charge is 0.411 e. The van der Waals surface area contributed by atoms with Gasteiger partial charge in [0.15, 0.2) is 11.0 Å². The van der Waals surface area contributed by atoms with E-state index in [1.807, 2.05) is 31.2 Å². The zero-order chi connectivity index (χ0) is 20.3. The number of halogens is 4. The fourth-order valence-corrected chi connectivity index (χ4v) is 3.54. The van der Waals surface area contributed by atoms with Crippen LogP contribution in [0, 0.1) is 6.92 Å². The second kappa shape index (κ2) is 8.24. The summed E-state index contributed by atoms with van der Waals surface area (Å²) in [4.78, 5) is 8.03. The molecule has 10 heteroatoms. The van der Waals surface area contributed by atoms with E-state index in [0.29, 0.717) is 10.9 Å². The fourth-order valence-electron chi connectivity index (χ4n) is 2.37. The maximum atomic E-state index is 12.8. The summed E-state index contributed by atoms with van der Waals surface area (Å²) in [5.41, 5.74) is 1.34. The molecule has 0 aliphatic heterocycles. The lowest BCUT2D eigenvalue weighted by molar-refractivity contribution is -0.137. The summed E-state index contributed by atoms with van der Waals surface area (Å²) < 4.78 is 39.9. The Labute approximate surface area is 167 Å². The summed E-state index contributed by atoms with van der Waals surface area (Å²) in [6, 6.07) is 8.30. The molecule has 3 aromatic rings. The van der Waals surface area contributed by atoms with Gasteiger partial charge in [0, 0.05) is 29.9 Å². The van der Waals surface area contributed by atoms with Gasteiger partial charge in [0.2, 0.25) is 0 Å². The molecular weight excluding hydrogens is 413 g/mol. The van der Waals surface area contributed by atoms with Gasteiger partial charge in [0.25, 0.3) is 0 Å². The normalized spacial score (nSPS) is 12.4. The molecule has 0 unspecified atom stereocenters. The lowest BCUT2D eigenvalue weighted by Gasteiger charge is -2.11. The van der Waals surface area contributed by atoms with E-state index in [-0.39, 0.29) is 16.6 Å². The highest BCUT2D eigenvalue weighted by atomic mass is 35.5. The van der Waals surface area contributed by atoms with Crippen molar-refractivity contribution >= 4 is 29.1 Å². The molecule has 5 nitrogen and oxygen atoms in total. The first-order valence-electron chi connectivity index (χ1n) is 7.97. The van der Waals surface area contributed by atoms with Crippen molar-refractivity contribution in [2.24, 2.45) is 5.16 Å². The fraction of sp³-hybridized carbons (Fsp3) is 0.167. The number of hydrogen-bond donors (Lipinski definition) is 1. The van der Waals surface area contributed by atoms with Crippen LogP contribution in [0.1, 0.15) is 16.7 Å². The first-order valence-corrected chi connectivity index (χ1v) is 9.33. The van der Waals surface area contributed by atoms with Crippen molar-refractivity contribution in [2.45, 2.75) is 18.3 Å². The second-order valence-corrected chi connectivity index (χ2v) is 7.16. The molecular formula is C18H14ClF3N4OS. The predicted molar refractivity (Wildman–Crippen MR) is 102 cm³/mol. The second-order valence-electron chi connectivity index (χ2n) is 5.81. The summed E-state index contributed by atoms with van der Waals surface area (Å²) >= 11 is 7.25. The summed E-state index contributed by atoms with van der Waals surface area (Å²) in [6.07, 6.45) is -0.768. The molecule has 0 saturated heterocycles. The van der Waals surface area contributed by atoms with Gasteiger partial charge in [-0.1, -0.05) is 58.3 Å². The Bertz CT molecular complexity index is 1000. The topological polar surface area (TPSA) is 63.3 Å². The van der Waals surface area contributed by atoms with Gasteiger partial charge in [-0.3, -0.25) is 4.57 Å². The van der Waals surface area contributed by atoms with E-state index in [0.717, 1.165) is 23.4 Å². The number of hydrogen-bond acceptors (Lipinski definition) is 5. The third-order valence-corrected chi connectivity index (χ3v) is 5.08. The lowest BCUT2D eigenvalue weighted by Crippen LogP contribution is -2.09.